The molecule has 1 aliphatic heterocycles. The first-order valence-electron chi connectivity index (χ1n) is 9.00. The molecule has 138 valence electrons. The maximum Gasteiger partial charge on any atom is 0.181 e. The average molecular weight is 391 g/mol. The summed E-state index contributed by atoms with van der Waals surface area (Å²) in [5.74, 6) is 0.441. The van der Waals surface area contributed by atoms with Crippen molar-refractivity contribution in [3.05, 3.63) is 44.4 Å². The van der Waals surface area contributed by atoms with Crippen LogP contribution in [0.1, 0.15) is 53.4 Å². The molecule has 4 heterocycles. The van der Waals surface area contributed by atoms with E-state index in [1.807, 2.05) is 19.2 Å². The van der Waals surface area contributed by atoms with E-state index in [2.05, 4.69) is 33.5 Å². The molecule has 1 saturated heterocycles. The van der Waals surface area contributed by atoms with Gasteiger partial charge in [-0.3, -0.25) is 5.10 Å². The fourth-order valence-electron chi connectivity index (χ4n) is 4.03. The fourth-order valence-corrected chi connectivity index (χ4v) is 5.47. The van der Waals surface area contributed by atoms with Crippen LogP contribution in [0.5, 0.6) is 0 Å². The minimum absolute atomic E-state index is 0.157. The number of aliphatic hydroxyl groups excluding tert-OH is 1. The molecule has 3 aromatic heterocycles. The molecular formula is C19H23ClN4OS. The number of rotatable bonds is 4. The number of hydrogen-bond acceptors (Lipinski definition) is 5. The number of halogens is 1. The number of nitrogens with zero attached hydrogens (tertiary/aromatic N) is 2. The van der Waals surface area contributed by atoms with Crippen molar-refractivity contribution in [3.63, 3.8) is 0 Å². The first kappa shape index (κ1) is 17.9. The topological polar surface area (TPSA) is 73.8 Å². The number of pyridine rings is 1. The van der Waals surface area contributed by atoms with Crippen molar-refractivity contribution in [1.82, 2.24) is 20.5 Å². The zero-order chi connectivity index (χ0) is 18.3. The van der Waals surface area contributed by atoms with Gasteiger partial charge in [0.05, 0.1) is 4.34 Å². The Morgan fingerprint density at radius 1 is 1.35 bits per heavy atom. The van der Waals surface area contributed by atoms with Gasteiger partial charge in [-0.05, 0) is 62.3 Å². The summed E-state index contributed by atoms with van der Waals surface area (Å²) in [6.07, 6.45) is 4.69. The van der Waals surface area contributed by atoms with Gasteiger partial charge in [-0.2, -0.15) is 5.10 Å². The SMILES string of the molecule is Cc1[nH]nc2ncc(C3CC(c4sc(Cl)cc4CCO)CC(C)N3)cc12. The van der Waals surface area contributed by atoms with Gasteiger partial charge in [0.15, 0.2) is 5.65 Å². The van der Waals surface area contributed by atoms with Crippen LogP contribution in [-0.4, -0.2) is 32.9 Å². The molecule has 0 amide bonds. The highest BCUT2D eigenvalue weighted by atomic mass is 35.5. The Kier molecular flexibility index (Phi) is 5.01. The Bertz CT molecular complexity index is 922. The fraction of sp³-hybridized carbons (Fsp3) is 0.474. The molecule has 0 aliphatic carbocycles. The molecular weight excluding hydrogens is 368 g/mol. The van der Waals surface area contributed by atoms with Gasteiger partial charge < -0.3 is 10.4 Å². The maximum absolute atomic E-state index is 9.37. The molecule has 3 N–H and O–H groups in total. The first-order valence-corrected chi connectivity index (χ1v) is 10.2. The van der Waals surface area contributed by atoms with Crippen LogP contribution < -0.4 is 5.32 Å². The molecule has 0 aromatic carbocycles. The lowest BCUT2D eigenvalue weighted by Crippen LogP contribution is -2.38. The molecule has 4 rings (SSSR count). The van der Waals surface area contributed by atoms with Crippen LogP contribution in [0.2, 0.25) is 4.34 Å². The van der Waals surface area contributed by atoms with Crippen LogP contribution in [0.3, 0.4) is 0 Å². The number of aromatic nitrogens is 3. The molecule has 0 bridgehead atoms. The van der Waals surface area contributed by atoms with E-state index in [4.69, 9.17) is 11.6 Å². The standard InChI is InChI=1S/C19H23ClN4OS/c1-10-5-13(18-12(3-4-25)8-17(20)26-18)7-16(22-10)14-6-15-11(2)23-24-19(15)21-9-14/h6,8-10,13,16,22,25H,3-5,7H2,1-2H3,(H,21,23,24). The van der Waals surface area contributed by atoms with E-state index >= 15 is 0 Å². The molecule has 3 atom stereocenters. The second-order valence-corrected chi connectivity index (χ2v) is 8.91. The number of fused-ring (bicyclic) bond motifs is 1. The Morgan fingerprint density at radius 2 is 2.19 bits per heavy atom. The van der Waals surface area contributed by atoms with Gasteiger partial charge in [0, 0.05) is 40.8 Å². The summed E-state index contributed by atoms with van der Waals surface area (Å²) >= 11 is 7.94. The number of piperidine rings is 1. The number of aryl methyl sites for hydroxylation is 1. The number of H-pyrrole nitrogens is 1. The number of aliphatic hydroxyl groups is 1. The van der Waals surface area contributed by atoms with Crippen molar-refractivity contribution in [2.75, 3.05) is 6.61 Å². The van der Waals surface area contributed by atoms with Crippen molar-refractivity contribution in [1.29, 1.82) is 0 Å². The molecule has 0 spiro atoms. The van der Waals surface area contributed by atoms with Crippen molar-refractivity contribution in [2.45, 2.75) is 51.1 Å². The largest absolute Gasteiger partial charge is 0.396 e. The minimum atomic E-state index is 0.157. The van der Waals surface area contributed by atoms with Gasteiger partial charge in [0.25, 0.3) is 0 Å². The van der Waals surface area contributed by atoms with E-state index in [-0.39, 0.29) is 12.6 Å². The quantitative estimate of drug-likeness (QED) is 0.626. The molecule has 1 fully saturated rings. The van der Waals surface area contributed by atoms with Gasteiger partial charge in [0.1, 0.15) is 0 Å². The molecule has 0 saturated carbocycles. The van der Waals surface area contributed by atoms with Crippen molar-refractivity contribution >= 4 is 34.0 Å². The number of hydrogen-bond donors (Lipinski definition) is 3. The first-order chi connectivity index (χ1) is 12.5. The third-order valence-corrected chi connectivity index (χ3v) is 6.70. The maximum atomic E-state index is 9.37. The van der Waals surface area contributed by atoms with Crippen LogP contribution in [0.25, 0.3) is 11.0 Å². The molecule has 3 aromatic rings. The van der Waals surface area contributed by atoms with Crippen LogP contribution >= 0.6 is 22.9 Å². The van der Waals surface area contributed by atoms with Gasteiger partial charge in [-0.15, -0.1) is 11.3 Å². The zero-order valence-corrected chi connectivity index (χ0v) is 16.5. The van der Waals surface area contributed by atoms with E-state index < -0.39 is 0 Å². The molecule has 26 heavy (non-hydrogen) atoms. The predicted octanol–water partition coefficient (Wildman–Crippen LogP) is 4.11. The molecule has 0 radical (unpaired) electrons. The van der Waals surface area contributed by atoms with Gasteiger partial charge in [0.2, 0.25) is 0 Å². The lowest BCUT2D eigenvalue weighted by atomic mass is 9.83. The van der Waals surface area contributed by atoms with Gasteiger partial charge in [-0.1, -0.05) is 11.6 Å². The van der Waals surface area contributed by atoms with Crippen LogP contribution in [-0.2, 0) is 6.42 Å². The number of nitrogens with one attached hydrogen (secondary N) is 2. The average Bonchev–Trinajstić information content (AvgIpc) is 3.17. The van der Waals surface area contributed by atoms with Crippen LogP contribution in [0.4, 0.5) is 0 Å². The second-order valence-electron chi connectivity index (χ2n) is 7.19. The molecule has 3 unspecified atom stereocenters. The second kappa shape index (κ2) is 7.27. The third-order valence-electron chi connectivity index (χ3n) is 5.23. The minimum Gasteiger partial charge on any atom is -0.396 e. The highest BCUT2D eigenvalue weighted by Gasteiger charge is 2.30. The summed E-state index contributed by atoms with van der Waals surface area (Å²) < 4.78 is 0.809. The number of aromatic amines is 1. The molecule has 5 nitrogen and oxygen atoms in total. The van der Waals surface area contributed by atoms with Gasteiger partial charge in [-0.25, -0.2) is 4.98 Å². The van der Waals surface area contributed by atoms with Crippen molar-refractivity contribution in [3.8, 4) is 0 Å². The molecule has 7 heteroatoms. The summed E-state index contributed by atoms with van der Waals surface area (Å²) in [7, 11) is 0. The molecule has 1 aliphatic rings. The summed E-state index contributed by atoms with van der Waals surface area (Å²) in [5, 5.41) is 21.4. The normalized spacial score (nSPS) is 23.6. The van der Waals surface area contributed by atoms with Crippen LogP contribution in [0, 0.1) is 6.92 Å². The summed E-state index contributed by atoms with van der Waals surface area (Å²) in [5.41, 5.74) is 4.21. The summed E-state index contributed by atoms with van der Waals surface area (Å²) in [6.45, 7) is 4.41. The van der Waals surface area contributed by atoms with Crippen molar-refractivity contribution < 1.29 is 5.11 Å². The third kappa shape index (κ3) is 3.39. The Morgan fingerprint density at radius 3 is 3.00 bits per heavy atom. The Labute approximate surface area is 161 Å². The smallest absolute Gasteiger partial charge is 0.181 e. The highest BCUT2D eigenvalue weighted by Crippen LogP contribution is 2.42. The van der Waals surface area contributed by atoms with Gasteiger partial charge >= 0.3 is 0 Å². The number of thiophene rings is 1. The summed E-state index contributed by atoms with van der Waals surface area (Å²) in [4.78, 5) is 5.85. The predicted molar refractivity (Wildman–Crippen MR) is 106 cm³/mol. The Hall–Kier alpha value is -1.47. The van der Waals surface area contributed by atoms with E-state index in [1.54, 1.807) is 11.3 Å². The monoisotopic (exact) mass is 390 g/mol. The summed E-state index contributed by atoms with van der Waals surface area (Å²) in [6, 6.07) is 4.87. The highest BCUT2D eigenvalue weighted by molar-refractivity contribution is 7.16. The Balaban J connectivity index is 1.64. The lowest BCUT2D eigenvalue weighted by Gasteiger charge is -2.35. The van der Waals surface area contributed by atoms with E-state index in [0.717, 1.165) is 33.9 Å². The van der Waals surface area contributed by atoms with E-state index in [0.29, 0.717) is 18.4 Å². The van der Waals surface area contributed by atoms with E-state index in [9.17, 15) is 5.11 Å². The van der Waals surface area contributed by atoms with E-state index in [1.165, 1.54) is 16.0 Å². The van der Waals surface area contributed by atoms with Crippen molar-refractivity contribution in [2.24, 2.45) is 0 Å². The zero-order valence-electron chi connectivity index (χ0n) is 14.9. The van der Waals surface area contributed by atoms with Crippen LogP contribution in [0.15, 0.2) is 18.3 Å². The lowest BCUT2D eigenvalue weighted by molar-refractivity contribution is 0.294.